The number of nitrogens with zero attached hydrogens (tertiary/aromatic N) is 2. The number of benzene rings is 2. The smallest absolute Gasteiger partial charge is 0.257 e. The third kappa shape index (κ3) is 5.87. The number of carbonyl (C=O) groups is 2. The highest BCUT2D eigenvalue weighted by molar-refractivity contribution is 7.15. The average molecular weight is 425 g/mol. The highest BCUT2D eigenvalue weighted by Crippen LogP contribution is 2.20. The number of nitrogens with one attached hydrogen (secondary N) is 2. The molecule has 0 unspecified atom stereocenters. The van der Waals surface area contributed by atoms with Crippen molar-refractivity contribution in [3.8, 4) is 5.75 Å². The molecule has 8 heteroatoms. The number of hydrogen-bond donors (Lipinski definition) is 2. The van der Waals surface area contributed by atoms with Gasteiger partial charge in [-0.05, 0) is 48.4 Å². The molecule has 0 spiro atoms. The Kier molecular flexibility index (Phi) is 7.13. The van der Waals surface area contributed by atoms with E-state index in [1.807, 2.05) is 38.1 Å². The summed E-state index contributed by atoms with van der Waals surface area (Å²) in [5.74, 6) is 0.386. The first-order valence-corrected chi connectivity index (χ1v) is 10.4. The molecule has 0 aliphatic rings. The van der Waals surface area contributed by atoms with Crippen molar-refractivity contribution in [2.75, 3.05) is 17.7 Å². The van der Waals surface area contributed by atoms with Gasteiger partial charge in [-0.2, -0.15) is 0 Å². The minimum Gasteiger partial charge on any atom is -0.497 e. The van der Waals surface area contributed by atoms with Crippen LogP contribution in [0.4, 0.5) is 10.8 Å². The molecule has 0 fully saturated rings. The number of hydrogen-bond acceptors (Lipinski definition) is 6. The fourth-order valence-electron chi connectivity index (χ4n) is 2.61. The van der Waals surface area contributed by atoms with Gasteiger partial charge < -0.3 is 10.1 Å². The SMILES string of the molecule is COc1ccc(CCc2nnc(NC(=O)c3ccc(NC(=O)C(C)C)cc3)s2)cc1. The number of anilines is 2. The third-order valence-corrected chi connectivity index (χ3v) is 5.31. The zero-order valence-electron chi connectivity index (χ0n) is 17.1. The molecule has 0 saturated carbocycles. The zero-order chi connectivity index (χ0) is 21.5. The molecular weight excluding hydrogens is 400 g/mol. The highest BCUT2D eigenvalue weighted by atomic mass is 32.1. The zero-order valence-corrected chi connectivity index (χ0v) is 18.0. The fourth-order valence-corrected chi connectivity index (χ4v) is 3.34. The van der Waals surface area contributed by atoms with Crippen LogP contribution in [-0.2, 0) is 17.6 Å². The fraction of sp³-hybridized carbons (Fsp3) is 0.273. The Labute approximate surface area is 179 Å². The van der Waals surface area contributed by atoms with E-state index in [1.165, 1.54) is 16.9 Å². The number of aromatic nitrogens is 2. The van der Waals surface area contributed by atoms with Gasteiger partial charge >= 0.3 is 0 Å². The molecule has 1 aromatic heterocycles. The lowest BCUT2D eigenvalue weighted by Crippen LogP contribution is -2.18. The van der Waals surface area contributed by atoms with Gasteiger partial charge in [0.15, 0.2) is 0 Å². The van der Waals surface area contributed by atoms with Crippen molar-refractivity contribution in [2.24, 2.45) is 5.92 Å². The van der Waals surface area contributed by atoms with Gasteiger partial charge in [-0.25, -0.2) is 0 Å². The second-order valence-corrected chi connectivity index (χ2v) is 8.09. The largest absolute Gasteiger partial charge is 0.497 e. The van der Waals surface area contributed by atoms with E-state index in [4.69, 9.17) is 4.74 Å². The van der Waals surface area contributed by atoms with E-state index in [9.17, 15) is 9.59 Å². The van der Waals surface area contributed by atoms with Crippen LogP contribution in [0.3, 0.4) is 0 Å². The molecule has 156 valence electrons. The van der Waals surface area contributed by atoms with Gasteiger partial charge in [-0.1, -0.05) is 37.3 Å². The molecule has 7 nitrogen and oxygen atoms in total. The molecule has 0 saturated heterocycles. The molecular formula is C22H24N4O3S. The van der Waals surface area contributed by atoms with Crippen molar-refractivity contribution in [3.05, 3.63) is 64.7 Å². The van der Waals surface area contributed by atoms with Gasteiger partial charge in [-0.3, -0.25) is 14.9 Å². The van der Waals surface area contributed by atoms with Crippen LogP contribution in [0.25, 0.3) is 0 Å². The molecule has 2 aromatic carbocycles. The predicted octanol–water partition coefficient (Wildman–Crippen LogP) is 4.18. The molecule has 3 rings (SSSR count). The summed E-state index contributed by atoms with van der Waals surface area (Å²) in [6, 6.07) is 14.6. The topological polar surface area (TPSA) is 93.2 Å². The van der Waals surface area contributed by atoms with E-state index < -0.39 is 0 Å². The maximum Gasteiger partial charge on any atom is 0.257 e. The predicted molar refractivity (Wildman–Crippen MR) is 118 cm³/mol. The first kappa shape index (κ1) is 21.4. The Morgan fingerprint density at radius 3 is 2.30 bits per heavy atom. The minimum absolute atomic E-state index is 0.0665. The molecule has 30 heavy (non-hydrogen) atoms. The van der Waals surface area contributed by atoms with Crippen molar-refractivity contribution in [1.29, 1.82) is 0 Å². The van der Waals surface area contributed by atoms with Crippen LogP contribution in [0.15, 0.2) is 48.5 Å². The summed E-state index contributed by atoms with van der Waals surface area (Å²) in [6.07, 6.45) is 1.57. The van der Waals surface area contributed by atoms with Crippen molar-refractivity contribution < 1.29 is 14.3 Å². The molecule has 0 radical (unpaired) electrons. The van der Waals surface area contributed by atoms with E-state index in [0.717, 1.165) is 23.6 Å². The highest BCUT2D eigenvalue weighted by Gasteiger charge is 2.12. The maximum absolute atomic E-state index is 12.4. The lowest BCUT2D eigenvalue weighted by molar-refractivity contribution is -0.118. The summed E-state index contributed by atoms with van der Waals surface area (Å²) >= 11 is 1.36. The van der Waals surface area contributed by atoms with Crippen LogP contribution >= 0.6 is 11.3 Å². The Hall–Kier alpha value is -3.26. The lowest BCUT2D eigenvalue weighted by Gasteiger charge is -2.08. The van der Waals surface area contributed by atoms with Crippen LogP contribution in [0.1, 0.15) is 34.8 Å². The molecule has 0 aliphatic carbocycles. The van der Waals surface area contributed by atoms with Crippen LogP contribution < -0.4 is 15.4 Å². The molecule has 0 bridgehead atoms. The van der Waals surface area contributed by atoms with Gasteiger partial charge in [0.25, 0.3) is 5.91 Å². The molecule has 3 aromatic rings. The summed E-state index contributed by atoms with van der Waals surface area (Å²) in [5, 5.41) is 15.1. The number of carbonyl (C=O) groups excluding carboxylic acids is 2. The van der Waals surface area contributed by atoms with E-state index in [0.29, 0.717) is 16.4 Å². The van der Waals surface area contributed by atoms with Crippen molar-refractivity contribution in [3.63, 3.8) is 0 Å². The van der Waals surface area contributed by atoms with Gasteiger partial charge in [0.05, 0.1) is 7.11 Å². The molecule has 2 amide bonds. The number of rotatable bonds is 8. The first-order chi connectivity index (χ1) is 14.4. The maximum atomic E-state index is 12.4. The Morgan fingerprint density at radius 2 is 1.67 bits per heavy atom. The third-order valence-electron chi connectivity index (χ3n) is 4.41. The minimum atomic E-state index is -0.269. The second-order valence-electron chi connectivity index (χ2n) is 7.02. The summed E-state index contributed by atoms with van der Waals surface area (Å²) in [4.78, 5) is 24.2. The molecule has 0 atom stereocenters. The van der Waals surface area contributed by atoms with Crippen LogP contribution in [-0.4, -0.2) is 29.1 Å². The van der Waals surface area contributed by atoms with Gasteiger partial charge in [0.2, 0.25) is 11.0 Å². The van der Waals surface area contributed by atoms with Crippen molar-refractivity contribution in [2.45, 2.75) is 26.7 Å². The molecule has 1 heterocycles. The second kappa shape index (κ2) is 9.98. The van der Waals surface area contributed by atoms with E-state index in [2.05, 4.69) is 20.8 Å². The average Bonchev–Trinajstić information content (AvgIpc) is 3.20. The van der Waals surface area contributed by atoms with Gasteiger partial charge in [-0.15, -0.1) is 10.2 Å². The Balaban J connectivity index is 1.53. The first-order valence-electron chi connectivity index (χ1n) is 9.62. The van der Waals surface area contributed by atoms with Crippen LogP contribution in [0, 0.1) is 5.92 Å². The normalized spacial score (nSPS) is 10.7. The Morgan fingerprint density at radius 1 is 0.967 bits per heavy atom. The molecule has 0 aliphatic heterocycles. The summed E-state index contributed by atoms with van der Waals surface area (Å²) < 4.78 is 5.16. The van der Waals surface area contributed by atoms with Gasteiger partial charge in [0, 0.05) is 23.6 Å². The van der Waals surface area contributed by atoms with Gasteiger partial charge in [0.1, 0.15) is 10.8 Å². The van der Waals surface area contributed by atoms with Crippen LogP contribution in [0.2, 0.25) is 0 Å². The standard InChI is InChI=1S/C22H24N4O3S/c1-14(2)20(27)23-17-9-7-16(8-10-17)21(28)24-22-26-25-19(30-22)13-6-15-4-11-18(29-3)12-5-15/h4-5,7-12,14H,6,13H2,1-3H3,(H,23,27)(H,24,26,28). The monoisotopic (exact) mass is 424 g/mol. The number of ether oxygens (including phenoxy) is 1. The number of amides is 2. The van der Waals surface area contributed by atoms with E-state index in [-0.39, 0.29) is 17.7 Å². The van der Waals surface area contributed by atoms with E-state index in [1.54, 1.807) is 31.4 Å². The summed E-state index contributed by atoms with van der Waals surface area (Å²) in [7, 11) is 1.64. The summed E-state index contributed by atoms with van der Waals surface area (Å²) in [5.41, 5.74) is 2.32. The lowest BCUT2D eigenvalue weighted by atomic mass is 10.1. The van der Waals surface area contributed by atoms with E-state index >= 15 is 0 Å². The summed E-state index contributed by atoms with van der Waals surface area (Å²) in [6.45, 7) is 3.65. The van der Waals surface area contributed by atoms with Crippen molar-refractivity contribution in [1.82, 2.24) is 10.2 Å². The number of methoxy groups -OCH3 is 1. The number of aryl methyl sites for hydroxylation is 2. The molecule has 2 N–H and O–H groups in total. The van der Waals surface area contributed by atoms with Crippen molar-refractivity contribution >= 4 is 34.0 Å². The quantitative estimate of drug-likeness (QED) is 0.566. The van der Waals surface area contributed by atoms with Crippen LogP contribution in [0.5, 0.6) is 5.75 Å². The Bertz CT molecular complexity index is 998.